The quantitative estimate of drug-likeness (QED) is 0.587. The van der Waals surface area contributed by atoms with Crippen LogP contribution in [0.25, 0.3) is 0 Å². The third-order valence-electron chi connectivity index (χ3n) is 6.83. The van der Waals surface area contributed by atoms with Crippen molar-refractivity contribution >= 4 is 11.8 Å². The molecule has 0 saturated heterocycles. The third-order valence-corrected chi connectivity index (χ3v) is 6.83. The summed E-state index contributed by atoms with van der Waals surface area (Å²) in [7, 11) is 0. The number of hydrogen-bond acceptors (Lipinski definition) is 4. The Hall–Kier alpha value is -1.42. The summed E-state index contributed by atoms with van der Waals surface area (Å²) in [4.78, 5) is 23.4. The van der Waals surface area contributed by atoms with E-state index >= 15 is 0 Å². The van der Waals surface area contributed by atoms with Gasteiger partial charge in [0, 0.05) is 18.8 Å². The van der Waals surface area contributed by atoms with Crippen LogP contribution in [-0.4, -0.2) is 29.6 Å². The number of esters is 1. The summed E-state index contributed by atoms with van der Waals surface area (Å²) < 4.78 is 4.99. The minimum absolute atomic E-state index is 0.0180. The van der Waals surface area contributed by atoms with Gasteiger partial charge in [-0.2, -0.15) is 0 Å². The van der Waals surface area contributed by atoms with E-state index in [4.69, 9.17) is 4.74 Å². The van der Waals surface area contributed by atoms with E-state index in [1.54, 1.807) is 0 Å². The third kappa shape index (κ3) is 3.95. The Bertz CT molecular complexity index is 628. The highest BCUT2D eigenvalue weighted by Crippen LogP contribution is 2.59. The molecule has 0 aromatic carbocycles. The maximum atomic E-state index is 12.5. The SMILES string of the molecule is CC(=O)OC/C=C(\C)CC[C@@H]1C(C)=CC[C@@H]2C(C)(C)[C@H](O)C(=O)C[C@@]12C. The zero-order chi connectivity index (χ0) is 19.7. The average Bonchev–Trinajstić information content (AvgIpc) is 2.51. The summed E-state index contributed by atoms with van der Waals surface area (Å²) in [5.74, 6) is 0.336. The summed E-state index contributed by atoms with van der Waals surface area (Å²) in [5, 5.41) is 10.5. The van der Waals surface area contributed by atoms with Crippen molar-refractivity contribution in [2.24, 2.45) is 22.7 Å². The van der Waals surface area contributed by atoms with Gasteiger partial charge in [-0.1, -0.05) is 38.0 Å². The van der Waals surface area contributed by atoms with E-state index in [1.807, 2.05) is 19.9 Å². The molecular weight excluding hydrogens is 328 g/mol. The highest BCUT2D eigenvalue weighted by atomic mass is 16.5. The van der Waals surface area contributed by atoms with E-state index in [1.165, 1.54) is 18.1 Å². The molecule has 0 bridgehead atoms. The lowest BCUT2D eigenvalue weighted by molar-refractivity contribution is -0.159. The summed E-state index contributed by atoms with van der Waals surface area (Å²) in [6.07, 6.45) is 6.67. The maximum absolute atomic E-state index is 12.5. The molecule has 2 aliphatic rings. The van der Waals surface area contributed by atoms with Crippen LogP contribution in [0.15, 0.2) is 23.3 Å². The molecule has 0 aromatic heterocycles. The highest BCUT2D eigenvalue weighted by Gasteiger charge is 2.57. The first kappa shape index (κ1) is 20.9. The Labute approximate surface area is 157 Å². The molecule has 1 saturated carbocycles. The van der Waals surface area contributed by atoms with Crippen LogP contribution >= 0.6 is 0 Å². The number of ketones is 1. The first-order chi connectivity index (χ1) is 12.0. The number of Topliss-reactive ketones (excluding diaryl/α,β-unsaturated/α-hetero) is 1. The molecule has 2 aliphatic carbocycles. The molecule has 4 heteroatoms. The standard InChI is InChI=1S/C22H34O4/c1-14(11-12-26-16(3)23)7-9-17-15(2)8-10-19-21(4,5)20(25)18(24)13-22(17,19)6/h8,11,17,19-20,25H,7,9-10,12-13H2,1-6H3/b14-11+/t17-,19-,20-,22+/m1/s1. The van der Waals surface area contributed by atoms with Crippen LogP contribution in [-0.2, 0) is 14.3 Å². The van der Waals surface area contributed by atoms with Gasteiger partial charge in [0.05, 0.1) is 0 Å². The van der Waals surface area contributed by atoms with E-state index in [-0.39, 0.29) is 17.2 Å². The Morgan fingerprint density at radius 1 is 1.35 bits per heavy atom. The van der Waals surface area contributed by atoms with E-state index in [0.29, 0.717) is 24.9 Å². The largest absolute Gasteiger partial charge is 0.462 e. The number of carbonyl (C=O) groups is 2. The number of rotatable bonds is 5. The fraction of sp³-hybridized carbons (Fsp3) is 0.727. The molecule has 0 amide bonds. The summed E-state index contributed by atoms with van der Waals surface area (Å²) >= 11 is 0. The van der Waals surface area contributed by atoms with Crippen molar-refractivity contribution in [2.45, 2.75) is 73.3 Å². The van der Waals surface area contributed by atoms with E-state index in [2.05, 4.69) is 26.8 Å². The van der Waals surface area contributed by atoms with Gasteiger partial charge in [0.1, 0.15) is 12.7 Å². The molecular formula is C22H34O4. The lowest BCUT2D eigenvalue weighted by Crippen LogP contribution is -2.58. The highest BCUT2D eigenvalue weighted by molar-refractivity contribution is 5.85. The van der Waals surface area contributed by atoms with Gasteiger partial charge in [-0.05, 0) is 56.4 Å². The lowest BCUT2D eigenvalue weighted by Gasteiger charge is -2.57. The molecule has 2 rings (SSSR count). The van der Waals surface area contributed by atoms with Crippen molar-refractivity contribution in [2.75, 3.05) is 6.61 Å². The molecule has 0 radical (unpaired) electrons. The number of aliphatic hydroxyl groups is 1. The second-order valence-corrected chi connectivity index (χ2v) is 9.05. The van der Waals surface area contributed by atoms with E-state index < -0.39 is 11.5 Å². The van der Waals surface area contributed by atoms with Crippen LogP contribution in [0, 0.1) is 22.7 Å². The van der Waals surface area contributed by atoms with Crippen molar-refractivity contribution in [1.29, 1.82) is 0 Å². The van der Waals surface area contributed by atoms with Crippen LogP contribution in [0.4, 0.5) is 0 Å². The normalized spacial score (nSPS) is 34.1. The van der Waals surface area contributed by atoms with Crippen molar-refractivity contribution in [3.63, 3.8) is 0 Å². The number of ether oxygens (including phenoxy) is 1. The molecule has 1 fully saturated rings. The minimum Gasteiger partial charge on any atom is -0.462 e. The van der Waals surface area contributed by atoms with Crippen LogP contribution in [0.3, 0.4) is 0 Å². The van der Waals surface area contributed by atoms with Crippen LogP contribution in [0.1, 0.15) is 67.2 Å². The fourth-order valence-electron chi connectivity index (χ4n) is 5.29. The Kier molecular flexibility index (Phi) is 6.17. The summed E-state index contributed by atoms with van der Waals surface area (Å²) in [6, 6.07) is 0. The van der Waals surface area contributed by atoms with Crippen molar-refractivity contribution in [1.82, 2.24) is 0 Å². The second-order valence-electron chi connectivity index (χ2n) is 9.05. The zero-order valence-corrected chi connectivity index (χ0v) is 17.1. The van der Waals surface area contributed by atoms with Crippen LogP contribution in [0.5, 0.6) is 0 Å². The summed E-state index contributed by atoms with van der Waals surface area (Å²) in [5.41, 5.74) is 2.04. The van der Waals surface area contributed by atoms with Gasteiger partial charge in [-0.15, -0.1) is 0 Å². The van der Waals surface area contributed by atoms with Crippen LogP contribution < -0.4 is 0 Å². The first-order valence-corrected chi connectivity index (χ1v) is 9.66. The molecule has 0 spiro atoms. The number of hydrogen-bond donors (Lipinski definition) is 1. The maximum Gasteiger partial charge on any atom is 0.302 e. The molecule has 0 unspecified atom stereocenters. The Morgan fingerprint density at radius 3 is 2.62 bits per heavy atom. The number of carbonyl (C=O) groups excluding carboxylic acids is 2. The minimum atomic E-state index is -0.863. The zero-order valence-electron chi connectivity index (χ0n) is 17.1. The van der Waals surface area contributed by atoms with Crippen LogP contribution in [0.2, 0.25) is 0 Å². The molecule has 1 N–H and O–H groups in total. The number of fused-ring (bicyclic) bond motifs is 1. The molecule has 0 aromatic rings. The lowest BCUT2D eigenvalue weighted by atomic mass is 9.47. The Morgan fingerprint density at radius 2 is 2.00 bits per heavy atom. The molecule has 4 nitrogen and oxygen atoms in total. The van der Waals surface area contributed by atoms with Gasteiger partial charge < -0.3 is 9.84 Å². The topological polar surface area (TPSA) is 63.6 Å². The smallest absolute Gasteiger partial charge is 0.302 e. The molecule has 0 aliphatic heterocycles. The molecule has 26 heavy (non-hydrogen) atoms. The van der Waals surface area contributed by atoms with Crippen molar-refractivity contribution in [3.8, 4) is 0 Å². The average molecular weight is 363 g/mol. The summed E-state index contributed by atoms with van der Waals surface area (Å²) in [6.45, 7) is 12.3. The second kappa shape index (κ2) is 7.67. The monoisotopic (exact) mass is 362 g/mol. The van der Waals surface area contributed by atoms with Gasteiger partial charge in [-0.25, -0.2) is 0 Å². The van der Waals surface area contributed by atoms with Gasteiger partial charge in [0.2, 0.25) is 0 Å². The van der Waals surface area contributed by atoms with E-state index in [9.17, 15) is 14.7 Å². The number of allylic oxidation sites excluding steroid dienone is 3. The predicted octanol–water partition coefficient (Wildman–Crippen LogP) is 4.22. The van der Waals surface area contributed by atoms with Crippen molar-refractivity contribution < 1.29 is 19.4 Å². The van der Waals surface area contributed by atoms with Gasteiger partial charge in [0.25, 0.3) is 0 Å². The predicted molar refractivity (Wildman–Crippen MR) is 102 cm³/mol. The van der Waals surface area contributed by atoms with Gasteiger partial charge >= 0.3 is 5.97 Å². The molecule has 146 valence electrons. The Balaban J connectivity index is 2.17. The number of aliphatic hydroxyl groups excluding tert-OH is 1. The molecule has 4 atom stereocenters. The van der Waals surface area contributed by atoms with E-state index in [0.717, 1.165) is 19.3 Å². The van der Waals surface area contributed by atoms with Gasteiger partial charge in [-0.3, -0.25) is 9.59 Å². The first-order valence-electron chi connectivity index (χ1n) is 9.66. The van der Waals surface area contributed by atoms with Gasteiger partial charge in [0.15, 0.2) is 5.78 Å². The fourth-order valence-corrected chi connectivity index (χ4v) is 5.29. The molecule has 0 heterocycles. The van der Waals surface area contributed by atoms with Crippen molar-refractivity contribution in [3.05, 3.63) is 23.3 Å².